The zero-order chi connectivity index (χ0) is 46.7. The highest BCUT2D eigenvalue weighted by atomic mass is 19.3. The molecule has 0 radical (unpaired) electrons. The first kappa shape index (κ1) is 45.0. The van der Waals surface area contributed by atoms with Crippen molar-refractivity contribution in [3.63, 3.8) is 0 Å². The van der Waals surface area contributed by atoms with E-state index in [4.69, 9.17) is 19.2 Å². The number of ether oxygens (including phenoxy) is 3. The summed E-state index contributed by atoms with van der Waals surface area (Å²) in [6.07, 6.45) is 4.94. The first-order chi connectivity index (χ1) is 32.5. The van der Waals surface area contributed by atoms with Gasteiger partial charge in [0.15, 0.2) is 0 Å². The number of rotatable bonds is 14. The number of amides is 4. The van der Waals surface area contributed by atoms with Crippen LogP contribution < -0.4 is 16.0 Å². The van der Waals surface area contributed by atoms with Crippen LogP contribution in [0.15, 0.2) is 91.1 Å². The fourth-order valence-corrected chi connectivity index (χ4v) is 9.54. The maximum atomic E-state index is 16.5. The van der Waals surface area contributed by atoms with Crippen molar-refractivity contribution in [3.05, 3.63) is 119 Å². The molecular weight excluding hydrogens is 863 g/mol. The van der Waals surface area contributed by atoms with E-state index in [1.54, 1.807) is 53.6 Å². The van der Waals surface area contributed by atoms with E-state index in [9.17, 15) is 19.2 Å². The number of nitrogens with one attached hydrogen (secondary N) is 5. The summed E-state index contributed by atoms with van der Waals surface area (Å²) < 4.78 is 48.0. The number of carbonyl (C=O) groups is 4. The summed E-state index contributed by atoms with van der Waals surface area (Å²) in [4.78, 5) is 69.1. The largest absolute Gasteiger partial charge is 0.453 e. The fourth-order valence-electron chi connectivity index (χ4n) is 9.54. The van der Waals surface area contributed by atoms with Gasteiger partial charge in [-0.1, -0.05) is 60.7 Å². The number of aromatic nitrogens is 4. The number of nitrogens with zero attached hydrogens (tertiary/aromatic N) is 3. The molecule has 2 aromatic heterocycles. The first-order valence-electron chi connectivity index (χ1n) is 22.6. The number of likely N-dealkylation sites (tertiary alicyclic amines) is 1. The SMILES string of the molecule is COC(=O)N[C@H](C(=O)N1CCC[C@H]1c1nc2ccc(-c3ccc4c(c3)C(F)(F)c3cc(-c5cnc(CCCCNC(=O)[C@H](NC(=O)OC)c6ccccc6)[nH]5)ccc3-4)cc2[nH]1)C1CCOCC1. The zero-order valence-electron chi connectivity index (χ0n) is 37.2. The molecule has 0 unspecified atom stereocenters. The number of unbranched alkanes of at least 4 members (excludes halogenated alkanes) is 1. The summed E-state index contributed by atoms with van der Waals surface area (Å²) in [5.74, 6) is -2.56. The van der Waals surface area contributed by atoms with Gasteiger partial charge in [0.2, 0.25) is 11.8 Å². The van der Waals surface area contributed by atoms with Crippen LogP contribution in [-0.2, 0) is 36.1 Å². The van der Waals surface area contributed by atoms with E-state index in [-0.39, 0.29) is 34.9 Å². The molecule has 2 saturated heterocycles. The number of hydrogen-bond donors (Lipinski definition) is 5. The molecule has 0 saturated carbocycles. The van der Waals surface area contributed by atoms with Gasteiger partial charge in [-0.2, -0.15) is 8.78 Å². The third-order valence-electron chi connectivity index (χ3n) is 13.1. The molecule has 2 aliphatic heterocycles. The lowest BCUT2D eigenvalue weighted by Gasteiger charge is -2.34. The molecule has 4 aromatic carbocycles. The van der Waals surface area contributed by atoms with Crippen LogP contribution in [0.3, 0.4) is 0 Å². The van der Waals surface area contributed by atoms with E-state index in [1.165, 1.54) is 20.3 Å². The van der Waals surface area contributed by atoms with Crippen LogP contribution in [0, 0.1) is 5.92 Å². The molecular formula is C50H52F2N8O7. The van der Waals surface area contributed by atoms with Crippen LogP contribution in [0.1, 0.15) is 78.9 Å². The van der Waals surface area contributed by atoms with Crippen molar-refractivity contribution in [2.45, 2.75) is 69.0 Å². The number of alkyl carbamates (subject to hydrolysis) is 2. The van der Waals surface area contributed by atoms with Crippen molar-refractivity contribution in [2.24, 2.45) is 5.92 Å². The Morgan fingerprint density at radius 2 is 1.52 bits per heavy atom. The molecule has 4 heterocycles. The molecule has 9 rings (SSSR count). The maximum absolute atomic E-state index is 16.5. The lowest BCUT2D eigenvalue weighted by molar-refractivity contribution is -0.136. The quantitative estimate of drug-likeness (QED) is 0.0672. The Hall–Kier alpha value is -7.14. The Balaban J connectivity index is 0.848. The molecule has 3 aliphatic rings. The standard InChI is InChI=1S/C50H52F2N8O7/c1-65-48(63)58-43(29-9-4-3-5-10-29)46(61)53-21-7-6-12-42-54-28-40(55-42)33-14-17-35-34-16-13-31(25-36(34)50(51,52)37(35)26-33)32-15-18-38-39(27-32)57-45(56-38)41-11-8-22-60(41)47(62)44(59-49(64)66-2)30-19-23-67-24-20-30/h3-5,9-10,13-18,25-28,30,41,43-44H,6-8,11-12,19-24H2,1-2H3,(H,53,61)(H,54,55)(H,56,57)(H,58,63)(H,59,64)/t41-,43+,44-/m0/s1. The van der Waals surface area contributed by atoms with E-state index in [2.05, 4.69) is 30.9 Å². The Morgan fingerprint density at radius 3 is 2.27 bits per heavy atom. The van der Waals surface area contributed by atoms with Crippen LogP contribution in [0.2, 0.25) is 0 Å². The van der Waals surface area contributed by atoms with E-state index in [1.807, 2.05) is 36.4 Å². The number of aromatic amines is 2. The highest BCUT2D eigenvalue weighted by Crippen LogP contribution is 2.52. The molecule has 0 spiro atoms. The number of imidazole rings is 2. The highest BCUT2D eigenvalue weighted by Gasteiger charge is 2.45. The average Bonchev–Trinajstić information content (AvgIpc) is 4.18. The second-order valence-electron chi connectivity index (χ2n) is 17.2. The topological polar surface area (TPSA) is 193 Å². The molecule has 1 aliphatic carbocycles. The highest BCUT2D eigenvalue weighted by molar-refractivity contribution is 5.89. The van der Waals surface area contributed by atoms with Crippen molar-refractivity contribution >= 4 is 35.0 Å². The van der Waals surface area contributed by atoms with Crippen LogP contribution in [0.4, 0.5) is 18.4 Å². The lowest BCUT2D eigenvalue weighted by Crippen LogP contribution is -2.53. The minimum absolute atomic E-state index is 0.0733. The lowest BCUT2D eigenvalue weighted by atomic mass is 9.90. The summed E-state index contributed by atoms with van der Waals surface area (Å²) in [6.45, 7) is 1.93. The number of H-pyrrole nitrogens is 2. The molecule has 0 bridgehead atoms. The predicted octanol–water partition coefficient (Wildman–Crippen LogP) is 8.09. The maximum Gasteiger partial charge on any atom is 0.407 e. The van der Waals surface area contributed by atoms with Crippen LogP contribution >= 0.6 is 0 Å². The van der Waals surface area contributed by atoms with Gasteiger partial charge in [0, 0.05) is 49.4 Å². The smallest absolute Gasteiger partial charge is 0.407 e. The van der Waals surface area contributed by atoms with Gasteiger partial charge >= 0.3 is 12.2 Å². The molecule has 17 heteroatoms. The average molecular weight is 915 g/mol. The molecule has 5 N–H and O–H groups in total. The molecule has 67 heavy (non-hydrogen) atoms. The van der Waals surface area contributed by atoms with Crippen molar-refractivity contribution in [1.82, 2.24) is 40.8 Å². The number of benzene rings is 4. The number of hydrogen-bond acceptors (Lipinski definition) is 9. The minimum Gasteiger partial charge on any atom is -0.453 e. The predicted molar refractivity (Wildman–Crippen MR) is 245 cm³/mol. The Morgan fingerprint density at radius 1 is 0.836 bits per heavy atom. The van der Waals surface area contributed by atoms with Gasteiger partial charge in [-0.05, 0) is 96.5 Å². The number of aryl methyl sites for hydroxylation is 1. The molecule has 2 fully saturated rings. The number of halogens is 2. The molecule has 15 nitrogen and oxygen atoms in total. The zero-order valence-corrected chi connectivity index (χ0v) is 37.2. The van der Waals surface area contributed by atoms with Gasteiger partial charge in [0.25, 0.3) is 5.92 Å². The number of carbonyl (C=O) groups excluding carboxylic acids is 4. The Kier molecular flexibility index (Phi) is 13.0. The summed E-state index contributed by atoms with van der Waals surface area (Å²) in [6, 6.07) is 22.8. The van der Waals surface area contributed by atoms with Crippen molar-refractivity contribution in [2.75, 3.05) is 40.5 Å². The summed E-state index contributed by atoms with van der Waals surface area (Å²) in [7, 11) is 2.52. The fraction of sp³-hybridized carbons (Fsp3) is 0.360. The second-order valence-corrected chi connectivity index (χ2v) is 17.2. The molecule has 348 valence electrons. The third-order valence-corrected chi connectivity index (χ3v) is 13.1. The van der Waals surface area contributed by atoms with Gasteiger partial charge in [0.05, 0.1) is 43.2 Å². The van der Waals surface area contributed by atoms with Gasteiger partial charge in [-0.25, -0.2) is 19.6 Å². The summed E-state index contributed by atoms with van der Waals surface area (Å²) in [5, 5.41) is 8.24. The van der Waals surface area contributed by atoms with Crippen molar-refractivity contribution in [3.8, 4) is 33.5 Å². The minimum atomic E-state index is -3.26. The van der Waals surface area contributed by atoms with Crippen molar-refractivity contribution < 1.29 is 42.2 Å². The Bertz CT molecular complexity index is 2790. The van der Waals surface area contributed by atoms with E-state index in [0.29, 0.717) is 121 Å². The van der Waals surface area contributed by atoms with E-state index in [0.717, 1.165) is 12.0 Å². The normalized spacial score (nSPS) is 17.3. The van der Waals surface area contributed by atoms with Crippen LogP contribution in [-0.4, -0.2) is 95.4 Å². The summed E-state index contributed by atoms with van der Waals surface area (Å²) in [5.41, 5.74) is 5.39. The van der Waals surface area contributed by atoms with Gasteiger partial charge in [-0.15, -0.1) is 0 Å². The van der Waals surface area contributed by atoms with Gasteiger partial charge in [0.1, 0.15) is 23.7 Å². The third kappa shape index (κ3) is 9.32. The van der Waals surface area contributed by atoms with Gasteiger partial charge < -0.3 is 45.0 Å². The molecule has 4 amide bonds. The Labute approximate surface area is 385 Å². The van der Waals surface area contributed by atoms with Gasteiger partial charge in [-0.3, -0.25) is 9.59 Å². The van der Waals surface area contributed by atoms with Crippen LogP contribution in [0.5, 0.6) is 0 Å². The number of methoxy groups -OCH3 is 2. The number of alkyl halides is 2. The van der Waals surface area contributed by atoms with E-state index < -0.39 is 30.2 Å². The second kappa shape index (κ2) is 19.4. The molecule has 3 atom stereocenters. The van der Waals surface area contributed by atoms with Crippen LogP contribution in [0.25, 0.3) is 44.5 Å². The number of fused-ring (bicyclic) bond motifs is 4. The van der Waals surface area contributed by atoms with E-state index >= 15 is 8.78 Å². The monoisotopic (exact) mass is 914 g/mol. The van der Waals surface area contributed by atoms with Crippen molar-refractivity contribution in [1.29, 1.82) is 0 Å². The summed E-state index contributed by atoms with van der Waals surface area (Å²) >= 11 is 0. The first-order valence-corrected chi connectivity index (χ1v) is 22.6. The molecule has 6 aromatic rings.